The van der Waals surface area contributed by atoms with E-state index in [1.807, 2.05) is 24.3 Å². The van der Waals surface area contributed by atoms with Crippen molar-refractivity contribution in [2.45, 2.75) is 38.6 Å². The van der Waals surface area contributed by atoms with Crippen LogP contribution >= 0.6 is 0 Å². The van der Waals surface area contributed by atoms with Gasteiger partial charge in [0.05, 0.1) is 21.3 Å². The lowest BCUT2D eigenvalue weighted by atomic mass is 10.1. The third-order valence-corrected chi connectivity index (χ3v) is 5.47. The van der Waals surface area contributed by atoms with E-state index in [0.29, 0.717) is 30.1 Å². The third kappa shape index (κ3) is 5.66. The fourth-order valence-corrected chi connectivity index (χ4v) is 3.95. The van der Waals surface area contributed by atoms with Crippen molar-refractivity contribution in [2.75, 3.05) is 39.7 Å². The van der Waals surface area contributed by atoms with Crippen molar-refractivity contribution in [3.63, 3.8) is 0 Å². The van der Waals surface area contributed by atoms with E-state index in [2.05, 4.69) is 22.3 Å². The Labute approximate surface area is 179 Å². The van der Waals surface area contributed by atoms with Gasteiger partial charge in [-0.1, -0.05) is 24.6 Å². The van der Waals surface area contributed by atoms with Gasteiger partial charge in [0.25, 0.3) is 0 Å². The van der Waals surface area contributed by atoms with Crippen molar-refractivity contribution in [1.29, 1.82) is 0 Å². The van der Waals surface area contributed by atoms with Gasteiger partial charge in [-0.05, 0) is 61.7 Å². The first-order chi connectivity index (χ1) is 14.6. The van der Waals surface area contributed by atoms with Gasteiger partial charge in [0, 0.05) is 18.7 Å². The quantitative estimate of drug-likeness (QED) is 0.667. The minimum absolute atomic E-state index is 0.0260. The summed E-state index contributed by atoms with van der Waals surface area (Å²) < 4.78 is 16.2. The molecule has 6 nitrogen and oxygen atoms in total. The molecule has 0 radical (unpaired) electrons. The number of ether oxygens (including phenoxy) is 3. The fourth-order valence-electron chi connectivity index (χ4n) is 3.95. The molecule has 0 saturated carbocycles. The van der Waals surface area contributed by atoms with Crippen molar-refractivity contribution in [3.05, 3.63) is 47.5 Å². The number of nitrogens with one attached hydrogen (secondary N) is 1. The highest BCUT2D eigenvalue weighted by atomic mass is 16.5. The maximum Gasteiger partial charge on any atom is 0.224 e. The number of likely N-dealkylation sites (tertiary alicyclic amines) is 1. The lowest BCUT2D eigenvalue weighted by Crippen LogP contribution is -2.29. The SMILES string of the molecule is COc1ccc(CCC(=O)Nc2cccc(CN3CCCCC3)c2)c(OC)c1OC. The van der Waals surface area contributed by atoms with E-state index in [1.54, 1.807) is 21.3 Å². The third-order valence-electron chi connectivity index (χ3n) is 5.47. The number of carbonyl (C=O) groups excluding carboxylic acids is 1. The molecule has 162 valence electrons. The van der Waals surface area contributed by atoms with Crippen molar-refractivity contribution in [2.24, 2.45) is 0 Å². The van der Waals surface area contributed by atoms with Crippen LogP contribution in [0.3, 0.4) is 0 Å². The summed E-state index contributed by atoms with van der Waals surface area (Å²) in [6.45, 7) is 3.25. The molecule has 2 aromatic rings. The average molecular weight is 413 g/mol. The summed E-state index contributed by atoms with van der Waals surface area (Å²) in [6, 6.07) is 11.9. The molecule has 1 amide bonds. The molecule has 1 aliphatic rings. The van der Waals surface area contributed by atoms with Gasteiger partial charge >= 0.3 is 0 Å². The molecule has 0 bridgehead atoms. The van der Waals surface area contributed by atoms with Crippen molar-refractivity contribution in [1.82, 2.24) is 4.90 Å². The van der Waals surface area contributed by atoms with Gasteiger partial charge < -0.3 is 19.5 Å². The second-order valence-corrected chi connectivity index (χ2v) is 7.58. The predicted molar refractivity (Wildman–Crippen MR) is 119 cm³/mol. The van der Waals surface area contributed by atoms with Crippen LogP contribution in [0.25, 0.3) is 0 Å². The molecule has 0 atom stereocenters. The molecule has 0 aliphatic carbocycles. The molecule has 6 heteroatoms. The highest BCUT2D eigenvalue weighted by molar-refractivity contribution is 5.91. The first kappa shape index (κ1) is 22.0. The van der Waals surface area contributed by atoms with Crippen LogP contribution in [0, 0.1) is 0 Å². The molecular weight excluding hydrogens is 380 g/mol. The monoisotopic (exact) mass is 412 g/mol. The summed E-state index contributed by atoms with van der Waals surface area (Å²) >= 11 is 0. The van der Waals surface area contributed by atoms with Crippen LogP contribution < -0.4 is 19.5 Å². The van der Waals surface area contributed by atoms with Crippen LogP contribution in [-0.4, -0.2) is 45.2 Å². The van der Waals surface area contributed by atoms with Gasteiger partial charge in [0.15, 0.2) is 11.5 Å². The van der Waals surface area contributed by atoms with Crippen molar-refractivity contribution < 1.29 is 19.0 Å². The topological polar surface area (TPSA) is 60.0 Å². The van der Waals surface area contributed by atoms with E-state index in [0.717, 1.165) is 30.9 Å². The van der Waals surface area contributed by atoms with Crippen LogP contribution in [0.15, 0.2) is 36.4 Å². The van der Waals surface area contributed by atoms with Crippen LogP contribution in [0.2, 0.25) is 0 Å². The number of amides is 1. The van der Waals surface area contributed by atoms with E-state index in [1.165, 1.54) is 24.8 Å². The van der Waals surface area contributed by atoms with Gasteiger partial charge in [0.2, 0.25) is 11.7 Å². The van der Waals surface area contributed by atoms with Crippen LogP contribution in [0.5, 0.6) is 17.2 Å². The average Bonchev–Trinajstić information content (AvgIpc) is 2.77. The number of anilines is 1. The molecule has 1 N–H and O–H groups in total. The largest absolute Gasteiger partial charge is 0.493 e. The second kappa shape index (κ2) is 10.9. The summed E-state index contributed by atoms with van der Waals surface area (Å²) in [7, 11) is 4.76. The second-order valence-electron chi connectivity index (χ2n) is 7.58. The number of nitrogens with zero attached hydrogens (tertiary/aromatic N) is 1. The highest BCUT2D eigenvalue weighted by Gasteiger charge is 2.17. The number of piperidine rings is 1. The number of rotatable bonds is 9. The van der Waals surface area contributed by atoms with Gasteiger partial charge in [-0.25, -0.2) is 0 Å². The molecular formula is C24H32N2O4. The number of carbonyl (C=O) groups is 1. The van der Waals surface area contributed by atoms with E-state index in [4.69, 9.17) is 14.2 Å². The molecule has 30 heavy (non-hydrogen) atoms. The van der Waals surface area contributed by atoms with Crippen LogP contribution in [0.4, 0.5) is 5.69 Å². The summed E-state index contributed by atoms with van der Waals surface area (Å²) in [5.41, 5.74) is 2.98. The highest BCUT2D eigenvalue weighted by Crippen LogP contribution is 2.40. The number of hydrogen-bond acceptors (Lipinski definition) is 5. The van der Waals surface area contributed by atoms with Crippen LogP contribution in [0.1, 0.15) is 36.8 Å². The smallest absolute Gasteiger partial charge is 0.224 e. The Morgan fingerprint density at radius 2 is 1.73 bits per heavy atom. The molecule has 0 aromatic heterocycles. The Morgan fingerprint density at radius 3 is 2.43 bits per heavy atom. The zero-order valence-corrected chi connectivity index (χ0v) is 18.2. The molecule has 1 saturated heterocycles. The molecule has 1 fully saturated rings. The van der Waals surface area contributed by atoms with E-state index in [-0.39, 0.29) is 5.91 Å². The number of hydrogen-bond donors (Lipinski definition) is 1. The lowest BCUT2D eigenvalue weighted by Gasteiger charge is -2.26. The molecule has 3 rings (SSSR count). The summed E-state index contributed by atoms with van der Waals surface area (Å²) in [5.74, 6) is 1.73. The van der Waals surface area contributed by atoms with Crippen LogP contribution in [-0.2, 0) is 17.8 Å². The normalized spacial score (nSPS) is 14.2. The molecule has 1 heterocycles. The van der Waals surface area contributed by atoms with E-state index >= 15 is 0 Å². The zero-order valence-electron chi connectivity index (χ0n) is 18.2. The molecule has 1 aliphatic heterocycles. The Bertz CT molecular complexity index is 847. The maximum absolute atomic E-state index is 12.5. The summed E-state index contributed by atoms with van der Waals surface area (Å²) in [6.07, 6.45) is 4.77. The van der Waals surface area contributed by atoms with Crippen molar-refractivity contribution in [3.8, 4) is 17.2 Å². The molecule has 2 aromatic carbocycles. The Hall–Kier alpha value is -2.73. The first-order valence-electron chi connectivity index (χ1n) is 10.5. The van der Waals surface area contributed by atoms with Crippen molar-refractivity contribution >= 4 is 11.6 Å². The Morgan fingerprint density at radius 1 is 0.967 bits per heavy atom. The molecule has 0 unspecified atom stereocenters. The Balaban J connectivity index is 1.59. The van der Waals surface area contributed by atoms with Gasteiger partial charge in [-0.15, -0.1) is 0 Å². The standard InChI is InChI=1S/C24H32N2O4/c1-28-21-12-10-19(23(29-2)24(21)30-3)11-13-22(27)25-20-9-7-8-18(16-20)17-26-14-5-4-6-15-26/h7-10,12,16H,4-6,11,13-15,17H2,1-3H3,(H,25,27). The minimum atomic E-state index is -0.0260. The Kier molecular flexibility index (Phi) is 7.97. The number of benzene rings is 2. The lowest BCUT2D eigenvalue weighted by molar-refractivity contribution is -0.116. The van der Waals surface area contributed by atoms with E-state index in [9.17, 15) is 4.79 Å². The minimum Gasteiger partial charge on any atom is -0.493 e. The first-order valence-corrected chi connectivity index (χ1v) is 10.5. The predicted octanol–water partition coefficient (Wildman–Crippen LogP) is 4.27. The van der Waals surface area contributed by atoms with Gasteiger partial charge in [-0.3, -0.25) is 9.69 Å². The maximum atomic E-state index is 12.5. The number of aryl methyl sites for hydroxylation is 1. The summed E-state index contributed by atoms with van der Waals surface area (Å²) in [5, 5.41) is 3.02. The van der Waals surface area contributed by atoms with E-state index < -0.39 is 0 Å². The summed E-state index contributed by atoms with van der Waals surface area (Å²) in [4.78, 5) is 15.0. The number of methoxy groups -OCH3 is 3. The van der Waals surface area contributed by atoms with Gasteiger partial charge in [-0.2, -0.15) is 0 Å². The zero-order chi connectivity index (χ0) is 21.3. The fraction of sp³-hybridized carbons (Fsp3) is 0.458. The molecule has 0 spiro atoms. The van der Waals surface area contributed by atoms with Gasteiger partial charge in [0.1, 0.15) is 0 Å².